The van der Waals surface area contributed by atoms with Crippen molar-refractivity contribution in [1.29, 1.82) is 0 Å². The summed E-state index contributed by atoms with van der Waals surface area (Å²) in [4.78, 5) is 5.59. The van der Waals surface area contributed by atoms with Gasteiger partial charge in [0.2, 0.25) is 0 Å². The van der Waals surface area contributed by atoms with Crippen molar-refractivity contribution in [2.75, 3.05) is 5.32 Å². The largest absolute Gasteiger partial charge is 0.340 e. The van der Waals surface area contributed by atoms with Gasteiger partial charge in [0.15, 0.2) is 6.17 Å². The van der Waals surface area contributed by atoms with Gasteiger partial charge in [-0.25, -0.2) is 4.99 Å². The number of anilines is 1. The van der Waals surface area contributed by atoms with Crippen LogP contribution in [-0.4, -0.2) is 14.8 Å². The van der Waals surface area contributed by atoms with E-state index in [1.807, 2.05) is 0 Å². The Kier molecular flexibility index (Phi) is 5.00. The van der Waals surface area contributed by atoms with Crippen molar-refractivity contribution in [3.05, 3.63) is 169 Å². The fraction of sp³-hybridized carbons (Fsp3) is 0.0217. The topological polar surface area (TPSA) is 33.7 Å². The number of amidine groups is 1. The molecule has 1 atom stereocenters. The molecule has 8 aromatic carbocycles. The first-order valence-electron chi connectivity index (χ1n) is 17.3. The summed E-state index contributed by atoms with van der Waals surface area (Å²) in [6.07, 6.45) is -0.271. The van der Waals surface area contributed by atoms with E-state index in [4.69, 9.17) is 4.99 Å². The molecule has 1 N–H and O–H groups in total. The van der Waals surface area contributed by atoms with Crippen LogP contribution in [0.3, 0.4) is 0 Å². The number of fused-ring (bicyclic) bond motifs is 14. The number of nitrogens with zero attached hydrogens (tertiary/aromatic N) is 3. The van der Waals surface area contributed by atoms with Crippen molar-refractivity contribution in [2.45, 2.75) is 6.17 Å². The first kappa shape index (κ1) is 26.3. The molecule has 0 saturated carbocycles. The zero-order chi connectivity index (χ0) is 32.5. The highest BCUT2D eigenvalue weighted by molar-refractivity contribution is 6.37. The van der Waals surface area contributed by atoms with Crippen LogP contribution in [0, 0.1) is 0 Å². The molecule has 4 nitrogen and oxygen atoms in total. The Morgan fingerprint density at radius 3 is 2.06 bits per heavy atom. The van der Waals surface area contributed by atoms with Crippen LogP contribution in [-0.2, 0) is 0 Å². The lowest BCUT2D eigenvalue weighted by Gasteiger charge is -2.28. The van der Waals surface area contributed by atoms with Gasteiger partial charge in [-0.3, -0.25) is 0 Å². The number of benzene rings is 8. The highest BCUT2D eigenvalue weighted by Crippen LogP contribution is 2.49. The van der Waals surface area contributed by atoms with E-state index in [1.54, 1.807) is 0 Å². The highest BCUT2D eigenvalue weighted by Gasteiger charge is 2.30. The Hall–Kier alpha value is -6.65. The molecule has 11 aromatic rings. The van der Waals surface area contributed by atoms with Gasteiger partial charge in [-0.05, 0) is 46.5 Å². The molecule has 1 unspecified atom stereocenters. The molecule has 0 bridgehead atoms. The number of nitrogens with one attached hydrogen (secondary N) is 1. The van der Waals surface area contributed by atoms with E-state index >= 15 is 0 Å². The number of hydrogen-bond acceptors (Lipinski definition) is 2. The van der Waals surface area contributed by atoms with Crippen LogP contribution in [0.5, 0.6) is 0 Å². The summed E-state index contributed by atoms with van der Waals surface area (Å²) in [5, 5.41) is 16.3. The molecule has 0 amide bonds. The van der Waals surface area contributed by atoms with Crippen LogP contribution in [0.2, 0.25) is 0 Å². The summed E-state index contributed by atoms with van der Waals surface area (Å²) in [6, 6.07) is 57.4. The third kappa shape index (κ3) is 3.32. The summed E-state index contributed by atoms with van der Waals surface area (Å²) < 4.78 is 5.02. The molecule has 4 heteroatoms. The van der Waals surface area contributed by atoms with E-state index in [0.717, 1.165) is 22.6 Å². The lowest BCUT2D eigenvalue weighted by Crippen LogP contribution is -2.24. The first-order valence-corrected chi connectivity index (χ1v) is 17.3. The molecule has 0 aliphatic carbocycles. The Morgan fingerprint density at radius 1 is 0.460 bits per heavy atom. The number of aliphatic imine (C=N–C) groups is 1. The van der Waals surface area contributed by atoms with Gasteiger partial charge in [0, 0.05) is 54.5 Å². The number of para-hydroxylation sites is 3. The van der Waals surface area contributed by atoms with E-state index in [0.29, 0.717) is 0 Å². The van der Waals surface area contributed by atoms with Gasteiger partial charge in [0.1, 0.15) is 5.84 Å². The molecule has 12 rings (SSSR count). The van der Waals surface area contributed by atoms with Gasteiger partial charge in [-0.1, -0.05) is 127 Å². The second-order valence-corrected chi connectivity index (χ2v) is 13.6. The van der Waals surface area contributed by atoms with E-state index in [1.165, 1.54) is 81.4 Å². The lowest BCUT2D eigenvalue weighted by molar-refractivity contribution is 0.652. The molecule has 3 aromatic heterocycles. The number of aromatic nitrogens is 2. The molecule has 0 fully saturated rings. The summed E-state index contributed by atoms with van der Waals surface area (Å²) in [6.45, 7) is 0. The maximum absolute atomic E-state index is 5.59. The molecule has 1 aliphatic rings. The number of hydrogen-bond donors (Lipinski definition) is 1. The second-order valence-electron chi connectivity index (χ2n) is 13.6. The Balaban J connectivity index is 1.25. The zero-order valence-electron chi connectivity index (χ0n) is 26.9. The van der Waals surface area contributed by atoms with Gasteiger partial charge in [-0.15, -0.1) is 0 Å². The van der Waals surface area contributed by atoms with Crippen molar-refractivity contribution >= 4 is 93.0 Å². The van der Waals surface area contributed by atoms with Crippen LogP contribution < -0.4 is 5.32 Å². The molecule has 0 radical (unpaired) electrons. The van der Waals surface area contributed by atoms with Crippen molar-refractivity contribution < 1.29 is 0 Å². The maximum atomic E-state index is 5.59. The summed E-state index contributed by atoms with van der Waals surface area (Å²) in [5.41, 5.74) is 9.50. The fourth-order valence-electron chi connectivity index (χ4n) is 8.92. The first-order chi connectivity index (χ1) is 24.8. The predicted molar refractivity (Wildman–Crippen MR) is 210 cm³/mol. The van der Waals surface area contributed by atoms with Gasteiger partial charge < -0.3 is 14.3 Å². The fourth-order valence-corrected chi connectivity index (χ4v) is 8.92. The average molecular weight is 637 g/mol. The smallest absolute Gasteiger partial charge is 0.155 e. The van der Waals surface area contributed by atoms with Gasteiger partial charge in [0.05, 0.1) is 27.6 Å². The normalized spacial score (nSPS) is 14.9. The molecule has 50 heavy (non-hydrogen) atoms. The molecule has 1 aliphatic heterocycles. The summed E-state index contributed by atoms with van der Waals surface area (Å²) in [7, 11) is 0. The average Bonchev–Trinajstić information content (AvgIpc) is 3.81. The van der Waals surface area contributed by atoms with Crippen LogP contribution in [0.4, 0.5) is 5.69 Å². The minimum Gasteiger partial charge on any atom is -0.340 e. The minimum atomic E-state index is -0.271. The monoisotopic (exact) mass is 636 g/mol. The van der Waals surface area contributed by atoms with Gasteiger partial charge in [0.25, 0.3) is 0 Å². The van der Waals surface area contributed by atoms with Crippen molar-refractivity contribution in [3.63, 3.8) is 0 Å². The molecular weight excluding hydrogens is 609 g/mol. The predicted octanol–water partition coefficient (Wildman–Crippen LogP) is 11.7. The van der Waals surface area contributed by atoms with Crippen LogP contribution in [0.1, 0.15) is 17.3 Å². The molecular formula is C46H28N4. The van der Waals surface area contributed by atoms with Crippen molar-refractivity contribution in [3.8, 4) is 0 Å². The van der Waals surface area contributed by atoms with Gasteiger partial charge in [-0.2, -0.15) is 0 Å². The van der Waals surface area contributed by atoms with Crippen LogP contribution in [0.15, 0.2) is 163 Å². The quantitative estimate of drug-likeness (QED) is 0.201. The highest BCUT2D eigenvalue weighted by atomic mass is 15.2. The van der Waals surface area contributed by atoms with Crippen LogP contribution >= 0.6 is 0 Å². The Labute approximate surface area is 286 Å². The Morgan fingerprint density at radius 2 is 1.16 bits per heavy atom. The lowest BCUT2D eigenvalue weighted by atomic mass is 10.00. The Bertz CT molecular complexity index is 3250. The van der Waals surface area contributed by atoms with Crippen molar-refractivity contribution in [2.24, 2.45) is 4.99 Å². The standard InChI is InChI=1S/C46H28N4/c1-2-13-29-25-30(22-21-27(29)11-1)45-47-37-18-8-5-16-33(37)46(48-45)49-39-20-10-7-17-34(39)41-40(49)26-36-32-15-6-9-19-38(32)50-43-31-14-4-3-12-28(31)23-24-35(43)42(41)44(36)50/h1-26,46H,(H,47,48). The SMILES string of the molecule is c1ccc2c(c1)NC(c1ccc3ccccc3c1)=NC2n1c2ccccc2c2c3c4ccc5ccccc5c4n4c5ccccc5c(cc21)c34. The second kappa shape index (κ2) is 9.49. The third-order valence-electron chi connectivity index (χ3n) is 11.0. The summed E-state index contributed by atoms with van der Waals surface area (Å²) >= 11 is 0. The van der Waals surface area contributed by atoms with Crippen LogP contribution in [0.25, 0.3) is 81.4 Å². The summed E-state index contributed by atoms with van der Waals surface area (Å²) in [5.74, 6) is 0.879. The van der Waals surface area contributed by atoms with E-state index in [2.05, 4.69) is 172 Å². The van der Waals surface area contributed by atoms with E-state index in [9.17, 15) is 0 Å². The molecule has 0 spiro atoms. The van der Waals surface area contributed by atoms with Crippen molar-refractivity contribution in [1.82, 2.24) is 8.97 Å². The number of rotatable bonds is 2. The minimum absolute atomic E-state index is 0.271. The maximum Gasteiger partial charge on any atom is 0.155 e. The molecule has 232 valence electrons. The van der Waals surface area contributed by atoms with E-state index in [-0.39, 0.29) is 6.17 Å². The molecule has 0 saturated heterocycles. The zero-order valence-corrected chi connectivity index (χ0v) is 26.9. The van der Waals surface area contributed by atoms with E-state index < -0.39 is 0 Å². The third-order valence-corrected chi connectivity index (χ3v) is 11.0. The van der Waals surface area contributed by atoms with Gasteiger partial charge >= 0.3 is 0 Å². The molecule has 4 heterocycles.